The topological polar surface area (TPSA) is 110 Å². The number of amides is 1. The van der Waals surface area contributed by atoms with Gasteiger partial charge in [0.2, 0.25) is 0 Å². The number of nitrogens with zero attached hydrogens (tertiary/aromatic N) is 2. The maximum absolute atomic E-state index is 11.6. The molecule has 0 unspecified atom stereocenters. The molecule has 0 radical (unpaired) electrons. The Bertz CT molecular complexity index is 582. The highest BCUT2D eigenvalue weighted by atomic mass is 32.2. The molecule has 0 saturated heterocycles. The Morgan fingerprint density at radius 2 is 2.00 bits per heavy atom. The maximum atomic E-state index is 11.6. The zero-order valence-corrected chi connectivity index (χ0v) is 10.5. The number of carbonyl (C=O) groups excluding carboxylic acids is 1. The Balaban J connectivity index is 2.99. The second-order valence-corrected chi connectivity index (χ2v) is 5.41. The largest absolute Gasteiger partial charge is 0.303 e. The van der Waals surface area contributed by atoms with Crippen molar-refractivity contribution < 1.29 is 18.1 Å². The number of nitrogens with one attached hydrogen (secondary N) is 1. The second-order valence-electron chi connectivity index (χ2n) is 3.53. The summed E-state index contributed by atoms with van der Waals surface area (Å²) in [7, 11) is -1.41. The van der Waals surface area contributed by atoms with Gasteiger partial charge >= 0.3 is 10.2 Å². The van der Waals surface area contributed by atoms with Gasteiger partial charge in [0.15, 0.2) is 0 Å². The third kappa shape index (κ3) is 3.25. The first-order chi connectivity index (χ1) is 8.24. The van der Waals surface area contributed by atoms with Crippen LogP contribution in [0.3, 0.4) is 0 Å². The lowest BCUT2D eigenvalue weighted by atomic mass is 10.2. The minimum absolute atomic E-state index is 0.102. The van der Waals surface area contributed by atoms with Gasteiger partial charge in [0.1, 0.15) is 0 Å². The molecular formula is C9H11N3O5S. The lowest BCUT2D eigenvalue weighted by molar-refractivity contribution is -0.384. The Kier molecular flexibility index (Phi) is 3.99. The molecule has 1 N–H and O–H groups in total. The van der Waals surface area contributed by atoms with Crippen molar-refractivity contribution in [3.05, 3.63) is 39.9 Å². The summed E-state index contributed by atoms with van der Waals surface area (Å²) in [6.45, 7) is 0. The number of hydrogen-bond donors (Lipinski definition) is 1. The quantitative estimate of drug-likeness (QED) is 0.619. The molecule has 0 aliphatic heterocycles. The number of nitro benzene ring substituents is 1. The Hall–Kier alpha value is -2.00. The van der Waals surface area contributed by atoms with Crippen molar-refractivity contribution in [2.45, 2.75) is 0 Å². The van der Waals surface area contributed by atoms with E-state index in [2.05, 4.69) is 0 Å². The number of nitro groups is 1. The molecule has 1 rings (SSSR count). The van der Waals surface area contributed by atoms with E-state index in [0.717, 1.165) is 10.4 Å². The fourth-order valence-corrected chi connectivity index (χ4v) is 1.56. The van der Waals surface area contributed by atoms with Crippen LogP contribution in [0.2, 0.25) is 0 Å². The van der Waals surface area contributed by atoms with Crippen molar-refractivity contribution in [2.24, 2.45) is 0 Å². The average Bonchev–Trinajstić information content (AvgIpc) is 2.28. The summed E-state index contributed by atoms with van der Waals surface area (Å²) in [5.41, 5.74) is -0.389. The van der Waals surface area contributed by atoms with Crippen molar-refractivity contribution in [3.63, 3.8) is 0 Å². The zero-order valence-electron chi connectivity index (χ0n) is 9.65. The molecule has 0 aliphatic carbocycles. The first kappa shape index (κ1) is 14.1. The summed E-state index contributed by atoms with van der Waals surface area (Å²) in [6.07, 6.45) is 0. The second kappa shape index (κ2) is 5.10. The van der Waals surface area contributed by atoms with Gasteiger partial charge in [-0.3, -0.25) is 14.9 Å². The van der Waals surface area contributed by atoms with Crippen molar-refractivity contribution in [2.75, 3.05) is 14.1 Å². The smallest absolute Gasteiger partial charge is 0.268 e. The van der Waals surface area contributed by atoms with Crippen molar-refractivity contribution in [3.8, 4) is 0 Å². The summed E-state index contributed by atoms with van der Waals surface area (Å²) >= 11 is 0. The molecule has 0 spiro atoms. The van der Waals surface area contributed by atoms with Gasteiger partial charge in [-0.05, 0) is 6.07 Å². The fraction of sp³-hybridized carbons (Fsp3) is 0.222. The first-order valence-electron chi connectivity index (χ1n) is 4.73. The number of carbonyl (C=O) groups is 1. The van der Waals surface area contributed by atoms with Gasteiger partial charge in [0.25, 0.3) is 11.6 Å². The van der Waals surface area contributed by atoms with E-state index in [4.69, 9.17) is 0 Å². The molecule has 0 aromatic heterocycles. The van der Waals surface area contributed by atoms with Crippen LogP contribution < -0.4 is 4.72 Å². The third-order valence-electron chi connectivity index (χ3n) is 2.02. The number of hydrogen-bond acceptors (Lipinski definition) is 5. The predicted molar refractivity (Wildman–Crippen MR) is 63.2 cm³/mol. The van der Waals surface area contributed by atoms with Crippen LogP contribution in [-0.2, 0) is 10.2 Å². The molecule has 1 amide bonds. The van der Waals surface area contributed by atoms with E-state index in [1.807, 2.05) is 0 Å². The van der Waals surface area contributed by atoms with Crippen LogP contribution in [0.25, 0.3) is 0 Å². The normalized spacial score (nSPS) is 11.3. The van der Waals surface area contributed by atoms with Gasteiger partial charge < -0.3 is 0 Å². The highest BCUT2D eigenvalue weighted by molar-refractivity contribution is 7.87. The van der Waals surface area contributed by atoms with Crippen LogP contribution in [-0.4, -0.2) is 37.6 Å². The monoisotopic (exact) mass is 273 g/mol. The van der Waals surface area contributed by atoms with E-state index in [1.165, 1.54) is 32.3 Å². The maximum Gasteiger partial charge on any atom is 0.303 e. The highest BCUT2D eigenvalue weighted by Crippen LogP contribution is 2.13. The lowest BCUT2D eigenvalue weighted by Gasteiger charge is -2.11. The zero-order chi connectivity index (χ0) is 13.9. The predicted octanol–water partition coefficient (Wildman–Crippen LogP) is 0.131. The van der Waals surface area contributed by atoms with E-state index in [9.17, 15) is 23.3 Å². The average molecular weight is 273 g/mol. The molecule has 9 heteroatoms. The first-order valence-corrected chi connectivity index (χ1v) is 6.17. The van der Waals surface area contributed by atoms with Gasteiger partial charge in [0, 0.05) is 31.8 Å². The van der Waals surface area contributed by atoms with Gasteiger partial charge in [0.05, 0.1) is 4.92 Å². The third-order valence-corrected chi connectivity index (χ3v) is 3.43. The molecule has 0 atom stereocenters. The van der Waals surface area contributed by atoms with Crippen LogP contribution in [0.4, 0.5) is 5.69 Å². The summed E-state index contributed by atoms with van der Waals surface area (Å²) in [5, 5.41) is 10.5. The van der Waals surface area contributed by atoms with Gasteiger partial charge in [-0.2, -0.15) is 12.7 Å². The highest BCUT2D eigenvalue weighted by Gasteiger charge is 2.19. The van der Waals surface area contributed by atoms with Crippen LogP contribution in [0, 0.1) is 10.1 Å². The molecule has 98 valence electrons. The fourth-order valence-electron chi connectivity index (χ4n) is 1.03. The molecule has 1 aromatic carbocycles. The minimum atomic E-state index is -3.91. The minimum Gasteiger partial charge on any atom is -0.268 e. The van der Waals surface area contributed by atoms with Gasteiger partial charge in [-0.25, -0.2) is 4.72 Å². The molecular weight excluding hydrogens is 262 g/mol. The van der Waals surface area contributed by atoms with E-state index >= 15 is 0 Å². The van der Waals surface area contributed by atoms with E-state index in [-0.39, 0.29) is 11.3 Å². The molecule has 0 heterocycles. The number of rotatable bonds is 4. The molecule has 0 fully saturated rings. The van der Waals surface area contributed by atoms with Crippen LogP contribution in [0.1, 0.15) is 10.4 Å². The number of benzene rings is 1. The van der Waals surface area contributed by atoms with E-state index in [0.29, 0.717) is 0 Å². The summed E-state index contributed by atoms with van der Waals surface area (Å²) in [5.74, 6) is -0.924. The summed E-state index contributed by atoms with van der Waals surface area (Å²) < 4.78 is 25.4. The van der Waals surface area contributed by atoms with Crippen molar-refractivity contribution in [1.82, 2.24) is 9.03 Å². The van der Waals surface area contributed by atoms with Gasteiger partial charge in [-0.1, -0.05) is 6.07 Å². The van der Waals surface area contributed by atoms with Crippen LogP contribution >= 0.6 is 0 Å². The molecule has 0 aliphatic rings. The SMILES string of the molecule is CN(C)S(=O)(=O)NC(=O)c1cccc([N+](=O)[O-])c1. The molecule has 1 aromatic rings. The van der Waals surface area contributed by atoms with E-state index in [1.54, 1.807) is 4.72 Å². The molecule has 18 heavy (non-hydrogen) atoms. The Morgan fingerprint density at radius 3 is 2.50 bits per heavy atom. The standard InChI is InChI=1S/C9H11N3O5S/c1-11(2)18(16,17)10-9(13)7-4-3-5-8(6-7)12(14)15/h3-6H,1-2H3,(H,10,13). The summed E-state index contributed by atoms with van der Waals surface area (Å²) in [6, 6.07) is 4.79. The molecule has 0 saturated carbocycles. The molecule has 0 bridgehead atoms. The van der Waals surface area contributed by atoms with Crippen molar-refractivity contribution >= 4 is 21.8 Å². The van der Waals surface area contributed by atoms with Crippen molar-refractivity contribution in [1.29, 1.82) is 0 Å². The molecule has 8 nitrogen and oxygen atoms in total. The van der Waals surface area contributed by atoms with Crippen LogP contribution in [0.5, 0.6) is 0 Å². The van der Waals surface area contributed by atoms with Gasteiger partial charge in [-0.15, -0.1) is 0 Å². The van der Waals surface area contributed by atoms with E-state index < -0.39 is 21.0 Å². The van der Waals surface area contributed by atoms with Crippen LogP contribution in [0.15, 0.2) is 24.3 Å². The summed E-state index contributed by atoms with van der Waals surface area (Å²) in [4.78, 5) is 21.4. The number of non-ortho nitro benzene ring substituents is 1. The Labute approximate surface area is 104 Å². The lowest BCUT2D eigenvalue weighted by Crippen LogP contribution is -2.39. The Morgan fingerprint density at radius 1 is 1.39 bits per heavy atom.